The van der Waals surface area contributed by atoms with Gasteiger partial charge in [-0.15, -0.1) is 0 Å². The molecule has 0 spiro atoms. The Hall–Kier alpha value is -1.55. The molecule has 0 bridgehead atoms. The van der Waals surface area contributed by atoms with E-state index in [2.05, 4.69) is 36.0 Å². The zero-order chi connectivity index (χ0) is 14.6. The quantitative estimate of drug-likeness (QED) is 0.376. The minimum atomic E-state index is 0.161. The van der Waals surface area contributed by atoms with Crippen LogP contribution in [0.3, 0.4) is 0 Å². The predicted octanol–water partition coefficient (Wildman–Crippen LogP) is 2.79. The van der Waals surface area contributed by atoms with Crippen LogP contribution in [0.4, 0.5) is 0 Å². The van der Waals surface area contributed by atoms with Gasteiger partial charge in [0.2, 0.25) is 0 Å². The third-order valence-electron chi connectivity index (χ3n) is 4.78. The van der Waals surface area contributed by atoms with Crippen LogP contribution in [0.25, 0.3) is 0 Å². The second kappa shape index (κ2) is 6.27. The van der Waals surface area contributed by atoms with Crippen molar-refractivity contribution in [2.75, 3.05) is 13.1 Å². The van der Waals surface area contributed by atoms with E-state index in [1.807, 2.05) is 12.1 Å². The molecule has 0 aromatic heterocycles. The Morgan fingerprint density at radius 3 is 2.45 bits per heavy atom. The van der Waals surface area contributed by atoms with Gasteiger partial charge in [0.1, 0.15) is 0 Å². The topological polar surface area (TPSA) is 61.8 Å². The fourth-order valence-corrected chi connectivity index (χ4v) is 3.09. The second-order valence-electron chi connectivity index (χ2n) is 5.85. The third-order valence-corrected chi connectivity index (χ3v) is 4.78. The van der Waals surface area contributed by atoms with Crippen LogP contribution in [-0.2, 0) is 6.54 Å². The van der Waals surface area contributed by atoms with Crippen LogP contribution in [0, 0.1) is 5.41 Å². The highest BCUT2D eigenvalue weighted by atomic mass is 16.4. The molecule has 4 heteroatoms. The van der Waals surface area contributed by atoms with Crippen molar-refractivity contribution >= 4 is 5.84 Å². The number of likely N-dealkylation sites (tertiary alicyclic amines) is 1. The third kappa shape index (κ3) is 3.12. The number of hydrogen-bond acceptors (Lipinski definition) is 3. The van der Waals surface area contributed by atoms with Gasteiger partial charge in [-0.2, -0.15) is 0 Å². The highest BCUT2D eigenvalue weighted by Gasteiger charge is 2.34. The summed E-state index contributed by atoms with van der Waals surface area (Å²) in [6.07, 6.45) is 3.84. The molecule has 1 aromatic carbocycles. The van der Waals surface area contributed by atoms with E-state index < -0.39 is 0 Å². The first kappa shape index (κ1) is 14.9. The Labute approximate surface area is 121 Å². The molecule has 0 atom stereocenters. The zero-order valence-corrected chi connectivity index (χ0v) is 12.5. The van der Waals surface area contributed by atoms with Crippen molar-refractivity contribution in [3.8, 4) is 0 Å². The van der Waals surface area contributed by atoms with Crippen molar-refractivity contribution in [2.24, 2.45) is 16.3 Å². The van der Waals surface area contributed by atoms with Crippen molar-refractivity contribution < 1.29 is 5.21 Å². The molecular weight excluding hydrogens is 250 g/mol. The molecule has 1 saturated heterocycles. The molecule has 0 aliphatic carbocycles. The Morgan fingerprint density at radius 1 is 1.30 bits per heavy atom. The van der Waals surface area contributed by atoms with Gasteiger partial charge in [0.25, 0.3) is 0 Å². The van der Waals surface area contributed by atoms with E-state index in [4.69, 9.17) is 10.9 Å². The number of oxime groups is 1. The van der Waals surface area contributed by atoms with Gasteiger partial charge >= 0.3 is 0 Å². The van der Waals surface area contributed by atoms with Crippen LogP contribution >= 0.6 is 0 Å². The standard InChI is InChI=1S/C16H25N3O/c1-3-16(4-2)9-10-19(12-16)11-13-5-7-14(8-6-13)15(17)18-20/h5-8,20H,3-4,9-12H2,1-2H3,(H2,17,18). The summed E-state index contributed by atoms with van der Waals surface area (Å²) in [6.45, 7) is 7.97. The van der Waals surface area contributed by atoms with E-state index in [0.717, 1.165) is 12.1 Å². The molecule has 1 aliphatic rings. The highest BCUT2D eigenvalue weighted by Crippen LogP contribution is 2.37. The van der Waals surface area contributed by atoms with Gasteiger partial charge in [-0.05, 0) is 36.8 Å². The largest absolute Gasteiger partial charge is 0.409 e. The fourth-order valence-electron chi connectivity index (χ4n) is 3.09. The molecule has 1 aliphatic heterocycles. The Kier molecular flexibility index (Phi) is 4.65. The summed E-state index contributed by atoms with van der Waals surface area (Å²) in [4.78, 5) is 2.53. The minimum absolute atomic E-state index is 0.161. The summed E-state index contributed by atoms with van der Waals surface area (Å²) in [6, 6.07) is 7.94. The van der Waals surface area contributed by atoms with Crippen LogP contribution in [0.2, 0.25) is 0 Å². The number of benzene rings is 1. The molecule has 0 saturated carbocycles. The van der Waals surface area contributed by atoms with E-state index >= 15 is 0 Å². The summed E-state index contributed by atoms with van der Waals surface area (Å²) in [5.74, 6) is 0.161. The van der Waals surface area contributed by atoms with E-state index in [-0.39, 0.29) is 5.84 Å². The van der Waals surface area contributed by atoms with E-state index in [0.29, 0.717) is 5.41 Å². The van der Waals surface area contributed by atoms with Gasteiger partial charge in [-0.1, -0.05) is 43.3 Å². The number of hydrogen-bond donors (Lipinski definition) is 2. The highest BCUT2D eigenvalue weighted by molar-refractivity contribution is 5.96. The second-order valence-corrected chi connectivity index (χ2v) is 5.85. The van der Waals surface area contributed by atoms with E-state index in [1.165, 1.54) is 37.9 Å². The van der Waals surface area contributed by atoms with Crippen molar-refractivity contribution in [3.63, 3.8) is 0 Å². The summed E-state index contributed by atoms with van der Waals surface area (Å²) < 4.78 is 0. The molecule has 1 aromatic rings. The monoisotopic (exact) mass is 275 g/mol. The van der Waals surface area contributed by atoms with E-state index in [9.17, 15) is 0 Å². The number of nitrogens with zero attached hydrogens (tertiary/aromatic N) is 2. The maximum Gasteiger partial charge on any atom is 0.170 e. The summed E-state index contributed by atoms with van der Waals surface area (Å²) >= 11 is 0. The summed E-state index contributed by atoms with van der Waals surface area (Å²) in [5.41, 5.74) is 8.13. The maximum absolute atomic E-state index is 8.65. The molecule has 1 heterocycles. The van der Waals surface area contributed by atoms with Gasteiger partial charge in [0.05, 0.1) is 0 Å². The molecule has 0 unspecified atom stereocenters. The molecule has 3 N–H and O–H groups in total. The van der Waals surface area contributed by atoms with Crippen LogP contribution in [-0.4, -0.2) is 29.0 Å². The van der Waals surface area contributed by atoms with Crippen LogP contribution in [0.1, 0.15) is 44.2 Å². The van der Waals surface area contributed by atoms with Gasteiger partial charge in [0, 0.05) is 18.7 Å². The summed E-state index contributed by atoms with van der Waals surface area (Å²) in [7, 11) is 0. The Morgan fingerprint density at radius 2 is 1.95 bits per heavy atom. The van der Waals surface area contributed by atoms with Crippen LogP contribution < -0.4 is 5.73 Å². The SMILES string of the molecule is CCC1(CC)CCN(Cc2ccc(/C(N)=N/O)cc2)C1. The van der Waals surface area contributed by atoms with Crippen molar-refractivity contribution in [1.82, 2.24) is 4.90 Å². The molecule has 20 heavy (non-hydrogen) atoms. The van der Waals surface area contributed by atoms with Gasteiger partial charge < -0.3 is 10.9 Å². The minimum Gasteiger partial charge on any atom is -0.409 e. The number of nitrogens with two attached hydrogens (primary N) is 1. The molecule has 1 fully saturated rings. The van der Waals surface area contributed by atoms with Gasteiger partial charge in [-0.25, -0.2) is 0 Å². The first-order valence-electron chi connectivity index (χ1n) is 7.41. The van der Waals surface area contributed by atoms with Crippen molar-refractivity contribution in [2.45, 2.75) is 39.7 Å². The molecule has 110 valence electrons. The summed E-state index contributed by atoms with van der Waals surface area (Å²) in [5, 5.41) is 11.7. The Bertz CT molecular complexity index is 463. The first-order valence-corrected chi connectivity index (χ1v) is 7.41. The smallest absolute Gasteiger partial charge is 0.170 e. The molecule has 4 nitrogen and oxygen atoms in total. The number of amidine groups is 1. The molecular formula is C16H25N3O. The van der Waals surface area contributed by atoms with Crippen molar-refractivity contribution in [1.29, 1.82) is 0 Å². The molecule has 2 rings (SSSR count). The van der Waals surface area contributed by atoms with E-state index in [1.54, 1.807) is 0 Å². The lowest BCUT2D eigenvalue weighted by molar-refractivity contribution is 0.236. The van der Waals surface area contributed by atoms with Crippen LogP contribution in [0.5, 0.6) is 0 Å². The zero-order valence-electron chi connectivity index (χ0n) is 12.5. The van der Waals surface area contributed by atoms with Crippen LogP contribution in [0.15, 0.2) is 29.4 Å². The lowest BCUT2D eigenvalue weighted by Crippen LogP contribution is -2.26. The van der Waals surface area contributed by atoms with Crippen molar-refractivity contribution in [3.05, 3.63) is 35.4 Å². The van der Waals surface area contributed by atoms with Gasteiger partial charge in [0.15, 0.2) is 5.84 Å². The predicted molar refractivity (Wildman–Crippen MR) is 81.9 cm³/mol. The lowest BCUT2D eigenvalue weighted by atomic mass is 9.82. The molecule has 0 amide bonds. The first-order chi connectivity index (χ1) is 9.62. The Balaban J connectivity index is 1.98. The lowest BCUT2D eigenvalue weighted by Gasteiger charge is -2.26. The normalized spacial score (nSPS) is 19.4. The average molecular weight is 275 g/mol. The molecule has 0 radical (unpaired) electrons. The average Bonchev–Trinajstić information content (AvgIpc) is 2.91. The maximum atomic E-state index is 8.65. The number of rotatable bonds is 5. The van der Waals surface area contributed by atoms with Gasteiger partial charge in [-0.3, -0.25) is 4.90 Å². The fraction of sp³-hybridized carbons (Fsp3) is 0.562.